The van der Waals surface area contributed by atoms with Crippen LogP contribution in [0.2, 0.25) is 0 Å². The normalized spacial score (nSPS) is 20.2. The number of benzene rings is 6. The standard InChI is InChI=1S/C66H69N4O18PS2/c1-41-38-69(62(75)67-59(41)72)56-36-54(86-66(45-16-12-9-13-17-45,48-22-30-52(81-6)31-23-48)49-24-32-53(82-7)33-25-49)58(85-56)61(74)87-89(78,91-35-34-90-43(3)71)88-64(77)37-57(70-39-42(2)60(73)68-63(70)76)84-55(64)40-83-65(44-14-10-8-11-15-44,46-18-26-50(79-4)27-19-46)47-20-28-51(80-5)29-21-47/h8-33,38-39,54-58,61,74,77H,34-37,40H2,1-7H3,(H,67,72,75)(H,68,73,76)/t54-,55+,56+,57+,58-,61?,64-,89?/m0/s1. The van der Waals surface area contributed by atoms with Gasteiger partial charge in [-0.15, -0.1) is 0 Å². The number of carbonyl (C=O) groups excluding carboxylic acids is 1. The van der Waals surface area contributed by atoms with Crippen LogP contribution in [0.25, 0.3) is 0 Å². The molecule has 6 aromatic carbocycles. The zero-order valence-electron chi connectivity index (χ0n) is 50.7. The Labute approximate surface area is 531 Å². The van der Waals surface area contributed by atoms with Crippen molar-refractivity contribution in [2.75, 3.05) is 46.6 Å². The van der Waals surface area contributed by atoms with Gasteiger partial charge >= 0.3 is 18.2 Å². The maximum absolute atomic E-state index is 16.2. The molecule has 25 heteroatoms. The van der Waals surface area contributed by atoms with Gasteiger partial charge < -0.3 is 48.1 Å². The maximum atomic E-state index is 16.2. The molecular formula is C66H69N4O18PS2. The summed E-state index contributed by atoms with van der Waals surface area (Å²) in [5.41, 5.74) is -2.36. The lowest BCUT2D eigenvalue weighted by atomic mass is 9.79. The van der Waals surface area contributed by atoms with Gasteiger partial charge in [0.05, 0.1) is 47.6 Å². The van der Waals surface area contributed by atoms with Gasteiger partial charge in [-0.3, -0.25) is 42.5 Å². The molecule has 2 aliphatic heterocycles. The number of carbonyl (C=O) groups is 1. The number of aryl methyl sites for hydroxylation is 2. The van der Waals surface area contributed by atoms with Crippen LogP contribution in [0.3, 0.4) is 0 Å². The minimum atomic E-state index is -5.13. The van der Waals surface area contributed by atoms with Gasteiger partial charge in [0.25, 0.3) is 11.1 Å². The van der Waals surface area contributed by atoms with Crippen molar-refractivity contribution in [2.24, 2.45) is 0 Å². The Morgan fingerprint density at radius 2 is 1.04 bits per heavy atom. The van der Waals surface area contributed by atoms with E-state index in [9.17, 15) is 34.2 Å². The first-order valence-corrected chi connectivity index (χ1v) is 33.0. The number of aromatic nitrogens is 4. The molecule has 4 N–H and O–H groups in total. The molecule has 8 atom stereocenters. The molecule has 0 bridgehead atoms. The second kappa shape index (κ2) is 28.4. The van der Waals surface area contributed by atoms with Crippen LogP contribution in [-0.4, -0.2) is 111 Å². The number of aliphatic hydroxyl groups is 2. The molecule has 0 saturated carbocycles. The van der Waals surface area contributed by atoms with Gasteiger partial charge in [0, 0.05) is 48.4 Å². The van der Waals surface area contributed by atoms with Crippen LogP contribution in [0.5, 0.6) is 23.0 Å². The summed E-state index contributed by atoms with van der Waals surface area (Å²) in [5.74, 6) is -0.682. The number of ether oxygens (including phenoxy) is 8. The van der Waals surface area contributed by atoms with Crippen LogP contribution in [0.4, 0.5) is 0 Å². The Morgan fingerprint density at radius 3 is 1.48 bits per heavy atom. The summed E-state index contributed by atoms with van der Waals surface area (Å²) >= 11 is 1.46. The lowest BCUT2D eigenvalue weighted by molar-refractivity contribution is -0.211. The maximum Gasteiger partial charge on any atom is 0.394 e. The Kier molecular flexibility index (Phi) is 20.6. The van der Waals surface area contributed by atoms with E-state index in [1.807, 2.05) is 109 Å². The third-order valence-corrected chi connectivity index (χ3v) is 20.6. The Hall–Kier alpha value is -7.84. The SMILES string of the molecule is COc1ccc(C(OC[C@H]2O[C@@H](n3cc(C)c(=O)[nH]c3=O)C[C@]2(O)OP(=O)(OC(O)[C@H]2O[C@@H](n3cc(C)c(=O)[nH]c3=O)C[C@@H]2OC(c2ccccc2)(c2ccc(OC)cc2)c2ccc(OC)cc2)SCCSC(C)=O)(c2ccccc2)c2ccc(OC)cc2)cc1. The van der Waals surface area contributed by atoms with E-state index in [1.165, 1.54) is 61.6 Å². The number of nitrogens with zero attached hydrogens (tertiary/aromatic N) is 2. The number of H-pyrrole nitrogens is 2. The molecule has 2 saturated heterocycles. The number of hydrogen-bond acceptors (Lipinski definition) is 20. The van der Waals surface area contributed by atoms with Crippen LogP contribution in [0.1, 0.15) is 76.7 Å². The molecule has 2 fully saturated rings. The van der Waals surface area contributed by atoms with Crippen LogP contribution in [-0.2, 0) is 48.6 Å². The largest absolute Gasteiger partial charge is 0.497 e. The van der Waals surface area contributed by atoms with Crippen molar-refractivity contribution in [3.63, 3.8) is 0 Å². The number of aliphatic hydroxyl groups excluding tert-OH is 1. The van der Waals surface area contributed by atoms with Crippen molar-refractivity contribution < 1.29 is 66.5 Å². The fourth-order valence-electron chi connectivity index (χ4n) is 11.3. The van der Waals surface area contributed by atoms with E-state index >= 15 is 4.57 Å². The molecule has 91 heavy (non-hydrogen) atoms. The average molecular weight is 1300 g/mol. The molecule has 478 valence electrons. The van der Waals surface area contributed by atoms with Crippen molar-refractivity contribution in [3.8, 4) is 23.0 Å². The first-order valence-electron chi connectivity index (χ1n) is 28.9. The molecule has 0 radical (unpaired) electrons. The summed E-state index contributed by atoms with van der Waals surface area (Å²) < 4.78 is 81.6. The van der Waals surface area contributed by atoms with E-state index in [0.717, 1.165) is 20.9 Å². The Morgan fingerprint density at radius 1 is 0.626 bits per heavy atom. The molecule has 22 nitrogen and oxygen atoms in total. The molecule has 2 aliphatic rings. The Balaban J connectivity index is 1.09. The molecule has 4 heterocycles. The van der Waals surface area contributed by atoms with Gasteiger partial charge in [-0.25, -0.2) is 14.2 Å². The second-order valence-corrected chi connectivity index (χ2v) is 26.9. The molecule has 0 amide bonds. The van der Waals surface area contributed by atoms with E-state index < -0.39 is 96.4 Å². The number of thioether (sulfide) groups is 1. The first kappa shape index (κ1) is 66.1. The van der Waals surface area contributed by atoms with Crippen LogP contribution in [0, 0.1) is 13.8 Å². The zero-order chi connectivity index (χ0) is 64.7. The molecule has 8 aromatic rings. The third-order valence-electron chi connectivity index (χ3n) is 15.9. The Bertz CT molecular complexity index is 4000. The quantitative estimate of drug-likeness (QED) is 0.0170. The van der Waals surface area contributed by atoms with Crippen molar-refractivity contribution in [1.82, 2.24) is 19.1 Å². The second-order valence-electron chi connectivity index (χ2n) is 21.6. The highest BCUT2D eigenvalue weighted by Gasteiger charge is 2.57. The molecule has 2 aromatic heterocycles. The molecule has 2 unspecified atom stereocenters. The zero-order valence-corrected chi connectivity index (χ0v) is 53.3. The fraction of sp³-hybridized carbons (Fsp3) is 0.318. The summed E-state index contributed by atoms with van der Waals surface area (Å²) in [5, 5.41) is 26.1. The van der Waals surface area contributed by atoms with E-state index in [4.69, 9.17) is 46.9 Å². The van der Waals surface area contributed by atoms with Crippen LogP contribution >= 0.6 is 29.9 Å². The molecule has 0 aliphatic carbocycles. The average Bonchev–Trinajstić information content (AvgIpc) is 1.69. The minimum Gasteiger partial charge on any atom is -0.497 e. The highest BCUT2D eigenvalue weighted by atomic mass is 32.7. The topological polar surface area (TPSA) is 277 Å². The lowest BCUT2D eigenvalue weighted by Gasteiger charge is -2.40. The van der Waals surface area contributed by atoms with Gasteiger partial charge in [0.15, 0.2) is 11.4 Å². The van der Waals surface area contributed by atoms with Gasteiger partial charge in [-0.1, -0.05) is 121 Å². The predicted octanol–water partition coefficient (Wildman–Crippen LogP) is 8.86. The van der Waals surface area contributed by atoms with Crippen molar-refractivity contribution >= 4 is 35.1 Å². The monoisotopic (exact) mass is 1300 g/mol. The van der Waals surface area contributed by atoms with Gasteiger partial charge in [-0.2, -0.15) is 0 Å². The lowest BCUT2D eigenvalue weighted by Crippen LogP contribution is -2.46. The summed E-state index contributed by atoms with van der Waals surface area (Å²) in [7, 11) is 6.15. The minimum absolute atomic E-state index is 0.0534. The van der Waals surface area contributed by atoms with Crippen molar-refractivity contribution in [1.29, 1.82) is 0 Å². The summed E-state index contributed by atoms with van der Waals surface area (Å²) in [4.78, 5) is 70.1. The molecular weight excluding hydrogens is 1230 g/mol. The smallest absolute Gasteiger partial charge is 0.394 e. The van der Waals surface area contributed by atoms with E-state index in [-0.39, 0.29) is 34.2 Å². The number of rotatable bonds is 26. The van der Waals surface area contributed by atoms with Gasteiger partial charge in [-0.05, 0) is 107 Å². The number of aromatic amines is 2. The summed E-state index contributed by atoms with van der Waals surface area (Å²) in [6, 6.07) is 47.1. The fourth-order valence-corrected chi connectivity index (χ4v) is 15.9. The van der Waals surface area contributed by atoms with Gasteiger partial charge in [0.1, 0.15) is 58.9 Å². The first-order chi connectivity index (χ1) is 43.7. The summed E-state index contributed by atoms with van der Waals surface area (Å²) in [6.07, 6.45) is -8.03. The van der Waals surface area contributed by atoms with E-state index in [1.54, 1.807) is 48.5 Å². The molecule has 10 rings (SSSR count). The number of methoxy groups -OCH3 is 4. The van der Waals surface area contributed by atoms with E-state index in [0.29, 0.717) is 67.8 Å². The highest BCUT2D eigenvalue weighted by Crippen LogP contribution is 2.66. The van der Waals surface area contributed by atoms with Crippen molar-refractivity contribution in [3.05, 3.63) is 256 Å². The predicted molar refractivity (Wildman–Crippen MR) is 341 cm³/mol. The molecule has 0 spiro atoms. The van der Waals surface area contributed by atoms with Gasteiger partial charge in [0.2, 0.25) is 5.79 Å². The third kappa shape index (κ3) is 14.1. The number of hydrogen-bond donors (Lipinski definition) is 4. The van der Waals surface area contributed by atoms with E-state index in [2.05, 4.69) is 9.97 Å². The van der Waals surface area contributed by atoms with Crippen LogP contribution < -0.4 is 41.4 Å². The summed E-state index contributed by atoms with van der Waals surface area (Å²) in [6.45, 7) is -1.37. The highest BCUT2D eigenvalue weighted by molar-refractivity contribution is 8.55. The van der Waals surface area contributed by atoms with Crippen molar-refractivity contribution in [2.45, 2.75) is 87.7 Å². The number of nitrogens with one attached hydrogen (secondary N) is 2. The van der Waals surface area contributed by atoms with Crippen LogP contribution in [0.15, 0.2) is 189 Å².